The number of ether oxygens (including phenoxy) is 2. The number of nitrogens with two attached hydrogens (primary N) is 1. The van der Waals surface area contributed by atoms with Gasteiger partial charge in [-0.15, -0.1) is 0 Å². The SMILES string of the molecule is CCCNc1cc(-c2ccc(OCCOC)cc2)cc(C(=O)NC/C(C(N)=O)=C(\C)NC)c1C. The number of hydrogen-bond acceptors (Lipinski definition) is 6. The van der Waals surface area contributed by atoms with Gasteiger partial charge in [-0.2, -0.15) is 0 Å². The largest absolute Gasteiger partial charge is 0.491 e. The molecule has 5 N–H and O–H groups in total. The zero-order chi connectivity index (χ0) is 25.1. The van der Waals surface area contributed by atoms with Crippen LogP contribution >= 0.6 is 0 Å². The normalized spacial score (nSPS) is 11.4. The summed E-state index contributed by atoms with van der Waals surface area (Å²) in [4.78, 5) is 24.9. The lowest BCUT2D eigenvalue weighted by atomic mass is 9.97. The van der Waals surface area contributed by atoms with Crippen LogP contribution in [0.15, 0.2) is 47.7 Å². The van der Waals surface area contributed by atoms with Crippen molar-refractivity contribution in [3.8, 4) is 16.9 Å². The van der Waals surface area contributed by atoms with Crippen LogP contribution in [0.5, 0.6) is 5.75 Å². The lowest BCUT2D eigenvalue weighted by Gasteiger charge is -2.17. The lowest BCUT2D eigenvalue weighted by Crippen LogP contribution is -2.32. The maximum Gasteiger partial charge on any atom is 0.251 e. The number of benzene rings is 2. The Bertz CT molecular complexity index is 1020. The van der Waals surface area contributed by atoms with Gasteiger partial charge in [0.25, 0.3) is 5.91 Å². The van der Waals surface area contributed by atoms with Crippen molar-refractivity contribution in [2.24, 2.45) is 5.73 Å². The van der Waals surface area contributed by atoms with Crippen LogP contribution < -0.4 is 26.4 Å². The van der Waals surface area contributed by atoms with E-state index in [0.29, 0.717) is 30.0 Å². The number of hydrogen-bond donors (Lipinski definition) is 4. The molecule has 0 heterocycles. The molecule has 0 unspecified atom stereocenters. The van der Waals surface area contributed by atoms with Crippen LogP contribution in [0, 0.1) is 6.92 Å². The second-order valence-electron chi connectivity index (χ2n) is 7.89. The summed E-state index contributed by atoms with van der Waals surface area (Å²) in [5.74, 6) is -0.0994. The molecule has 0 spiro atoms. The number of carbonyl (C=O) groups excluding carboxylic acids is 2. The van der Waals surface area contributed by atoms with Crippen LogP contribution in [0.1, 0.15) is 36.2 Å². The van der Waals surface area contributed by atoms with Crippen molar-refractivity contribution in [3.63, 3.8) is 0 Å². The van der Waals surface area contributed by atoms with Crippen molar-refractivity contribution >= 4 is 17.5 Å². The quantitative estimate of drug-likeness (QED) is 0.265. The molecular formula is C26H36N4O4. The Morgan fingerprint density at radius 3 is 2.35 bits per heavy atom. The Labute approximate surface area is 201 Å². The zero-order valence-corrected chi connectivity index (χ0v) is 20.7. The summed E-state index contributed by atoms with van der Waals surface area (Å²) >= 11 is 0. The first-order valence-corrected chi connectivity index (χ1v) is 11.4. The predicted molar refractivity (Wildman–Crippen MR) is 136 cm³/mol. The molecule has 2 aromatic carbocycles. The standard InChI is InChI=1S/C26H36N4O4/c1-6-11-29-24-15-20(19-7-9-21(10-8-19)34-13-12-33-5)14-22(17(24)2)26(32)30-16-23(25(27)31)18(3)28-4/h7-10,14-15,28-29H,6,11-13,16H2,1-5H3,(H2,27,31)(H,30,32)/b23-18-. The first-order chi connectivity index (χ1) is 16.3. The van der Waals surface area contributed by atoms with E-state index in [0.717, 1.165) is 41.1 Å². The summed E-state index contributed by atoms with van der Waals surface area (Å²) < 4.78 is 10.7. The Morgan fingerprint density at radius 1 is 1.06 bits per heavy atom. The third-order valence-electron chi connectivity index (χ3n) is 5.51. The highest BCUT2D eigenvalue weighted by molar-refractivity contribution is 6.00. The molecule has 0 radical (unpaired) electrons. The molecule has 0 aliphatic carbocycles. The highest BCUT2D eigenvalue weighted by Crippen LogP contribution is 2.30. The van der Waals surface area contributed by atoms with Crippen LogP contribution in [-0.2, 0) is 9.53 Å². The smallest absolute Gasteiger partial charge is 0.251 e. The van der Waals surface area contributed by atoms with Gasteiger partial charge in [0.15, 0.2) is 0 Å². The van der Waals surface area contributed by atoms with E-state index in [1.807, 2.05) is 43.3 Å². The molecule has 0 aromatic heterocycles. The van der Waals surface area contributed by atoms with Crippen LogP contribution in [0.4, 0.5) is 5.69 Å². The highest BCUT2D eigenvalue weighted by atomic mass is 16.5. The molecule has 0 saturated heterocycles. The fourth-order valence-electron chi connectivity index (χ4n) is 3.37. The van der Waals surface area contributed by atoms with Crippen LogP contribution in [0.25, 0.3) is 11.1 Å². The number of amides is 2. The molecule has 0 atom stereocenters. The average molecular weight is 469 g/mol. The van der Waals surface area contributed by atoms with Crippen molar-refractivity contribution in [1.29, 1.82) is 0 Å². The molecule has 34 heavy (non-hydrogen) atoms. The van der Waals surface area contributed by atoms with Crippen molar-refractivity contribution < 1.29 is 19.1 Å². The minimum absolute atomic E-state index is 0.0374. The lowest BCUT2D eigenvalue weighted by molar-refractivity contribution is -0.114. The summed E-state index contributed by atoms with van der Waals surface area (Å²) in [5.41, 5.74) is 10.5. The fraction of sp³-hybridized carbons (Fsp3) is 0.385. The van der Waals surface area contributed by atoms with Crippen molar-refractivity contribution in [1.82, 2.24) is 10.6 Å². The minimum atomic E-state index is -0.573. The molecule has 0 aliphatic rings. The van der Waals surface area contributed by atoms with E-state index in [9.17, 15) is 9.59 Å². The molecule has 2 amide bonds. The van der Waals surface area contributed by atoms with E-state index in [4.69, 9.17) is 15.2 Å². The van der Waals surface area contributed by atoms with Crippen LogP contribution in [-0.4, -0.2) is 52.3 Å². The van der Waals surface area contributed by atoms with Crippen molar-refractivity contribution in [2.45, 2.75) is 27.2 Å². The Balaban J connectivity index is 2.35. The molecule has 8 heteroatoms. The van der Waals surface area contributed by atoms with Gasteiger partial charge >= 0.3 is 0 Å². The first-order valence-electron chi connectivity index (χ1n) is 11.4. The maximum absolute atomic E-state index is 13.1. The summed E-state index contributed by atoms with van der Waals surface area (Å²) in [5, 5.41) is 9.16. The molecule has 2 rings (SSSR count). The van der Waals surface area contributed by atoms with Gasteiger partial charge in [0.2, 0.25) is 5.91 Å². The monoisotopic (exact) mass is 468 g/mol. The maximum atomic E-state index is 13.1. The van der Waals surface area contributed by atoms with Gasteiger partial charge in [-0.3, -0.25) is 9.59 Å². The Hall–Kier alpha value is -3.52. The third-order valence-corrected chi connectivity index (χ3v) is 5.51. The summed E-state index contributed by atoms with van der Waals surface area (Å²) in [7, 11) is 3.34. The molecular weight excluding hydrogens is 432 g/mol. The number of anilines is 1. The number of primary amides is 1. The summed E-state index contributed by atoms with van der Waals surface area (Å²) in [6.07, 6.45) is 0.953. The van der Waals surface area contributed by atoms with Crippen LogP contribution in [0.2, 0.25) is 0 Å². The van der Waals surface area contributed by atoms with Crippen molar-refractivity contribution in [2.75, 3.05) is 45.8 Å². The summed E-state index contributed by atoms with van der Waals surface area (Å²) in [6.45, 7) is 7.56. The van der Waals surface area contributed by atoms with E-state index < -0.39 is 5.91 Å². The first kappa shape index (κ1) is 26.7. The van der Waals surface area contributed by atoms with E-state index in [1.54, 1.807) is 21.1 Å². The predicted octanol–water partition coefficient (Wildman–Crippen LogP) is 3.22. The van der Waals surface area contributed by atoms with Gasteiger partial charge in [-0.1, -0.05) is 19.1 Å². The molecule has 0 aliphatic heterocycles. The molecule has 0 fully saturated rings. The van der Waals surface area contributed by atoms with E-state index in [1.165, 1.54) is 0 Å². The third kappa shape index (κ3) is 7.25. The molecule has 8 nitrogen and oxygen atoms in total. The number of allylic oxidation sites excluding steroid dienone is 1. The van der Waals surface area contributed by atoms with E-state index in [-0.39, 0.29) is 12.5 Å². The fourth-order valence-corrected chi connectivity index (χ4v) is 3.37. The number of carbonyl (C=O) groups is 2. The van der Waals surface area contributed by atoms with E-state index in [2.05, 4.69) is 22.9 Å². The van der Waals surface area contributed by atoms with Gasteiger partial charge in [0.1, 0.15) is 12.4 Å². The number of methoxy groups -OCH3 is 1. The number of rotatable bonds is 13. The average Bonchev–Trinajstić information content (AvgIpc) is 2.83. The number of nitrogens with one attached hydrogen (secondary N) is 3. The topological polar surface area (TPSA) is 115 Å². The Morgan fingerprint density at radius 2 is 1.76 bits per heavy atom. The van der Waals surface area contributed by atoms with Crippen LogP contribution in [0.3, 0.4) is 0 Å². The highest BCUT2D eigenvalue weighted by Gasteiger charge is 2.17. The second kappa shape index (κ2) is 13.3. The Kier molecular flexibility index (Phi) is 10.4. The molecule has 0 bridgehead atoms. The molecule has 184 valence electrons. The van der Waals surface area contributed by atoms with Crippen molar-refractivity contribution in [3.05, 3.63) is 58.8 Å². The second-order valence-corrected chi connectivity index (χ2v) is 7.89. The van der Waals surface area contributed by atoms with Gasteiger partial charge < -0.3 is 31.2 Å². The van der Waals surface area contributed by atoms with Gasteiger partial charge in [-0.05, 0) is 61.2 Å². The van der Waals surface area contributed by atoms with Gasteiger partial charge in [0.05, 0.1) is 18.7 Å². The molecule has 2 aromatic rings. The van der Waals surface area contributed by atoms with Gasteiger partial charge in [0, 0.05) is 37.7 Å². The minimum Gasteiger partial charge on any atom is -0.491 e. The zero-order valence-electron chi connectivity index (χ0n) is 20.7. The van der Waals surface area contributed by atoms with E-state index >= 15 is 0 Å². The summed E-state index contributed by atoms with van der Waals surface area (Å²) in [6, 6.07) is 11.6. The molecule has 0 saturated carbocycles. The van der Waals surface area contributed by atoms with Gasteiger partial charge in [-0.25, -0.2) is 0 Å².